The number of ketones is 2. The molecule has 12 nitrogen and oxygen atoms in total. The van der Waals surface area contributed by atoms with Crippen LogP contribution in [0.1, 0.15) is 30.4 Å². The van der Waals surface area contributed by atoms with Crippen molar-refractivity contribution < 1.29 is 39.6 Å². The maximum atomic E-state index is 13.8. The van der Waals surface area contributed by atoms with Gasteiger partial charge in [0.1, 0.15) is 22.8 Å². The van der Waals surface area contributed by atoms with Gasteiger partial charge in [0.05, 0.1) is 11.6 Å². The van der Waals surface area contributed by atoms with Gasteiger partial charge in [0.15, 0.2) is 11.4 Å². The van der Waals surface area contributed by atoms with Gasteiger partial charge in [-0.1, -0.05) is 0 Å². The minimum absolute atomic E-state index is 0.0269. The van der Waals surface area contributed by atoms with E-state index in [-0.39, 0.29) is 35.8 Å². The molecule has 1 saturated carbocycles. The molecule has 1 aliphatic heterocycles. The summed E-state index contributed by atoms with van der Waals surface area (Å²) in [5, 5.41) is 47.2. The third-order valence-corrected chi connectivity index (χ3v) is 8.24. The van der Waals surface area contributed by atoms with Crippen molar-refractivity contribution in [2.75, 3.05) is 32.5 Å². The SMILES string of the molecule is CN(C)[C@@H]1C(=O)C(C(N)=O)=C(O)[C@@]2(O)C(=O)C3=C(O)c4c(O)ccc(NC(=O)N5CCCC5)c4C[C@H]3C[C@@H]12. The largest absolute Gasteiger partial charge is 0.508 e. The van der Waals surface area contributed by atoms with Crippen LogP contribution in [0, 0.1) is 11.8 Å². The molecule has 202 valence electrons. The molecule has 0 unspecified atom stereocenters. The van der Waals surface area contributed by atoms with E-state index in [1.165, 1.54) is 31.1 Å². The number of nitrogens with two attached hydrogens (primary N) is 1. The highest BCUT2D eigenvalue weighted by Crippen LogP contribution is 2.53. The van der Waals surface area contributed by atoms with Crippen LogP contribution < -0.4 is 11.1 Å². The number of hydrogen-bond acceptors (Lipinski definition) is 9. The molecule has 1 heterocycles. The summed E-state index contributed by atoms with van der Waals surface area (Å²) >= 11 is 0. The quantitative estimate of drug-likeness (QED) is 0.241. The molecule has 7 N–H and O–H groups in total. The third-order valence-electron chi connectivity index (χ3n) is 8.24. The number of likely N-dealkylation sites (tertiary alicyclic amines) is 1. The Kier molecular flexibility index (Phi) is 5.99. The predicted molar refractivity (Wildman–Crippen MR) is 134 cm³/mol. The van der Waals surface area contributed by atoms with Crippen molar-refractivity contribution in [3.8, 4) is 5.75 Å². The number of aliphatic hydroxyl groups excluding tert-OH is 2. The lowest BCUT2D eigenvalue weighted by molar-refractivity contribution is -0.153. The number of primary amides is 1. The number of aromatic hydroxyl groups is 1. The number of carbonyl (C=O) groups is 4. The first-order valence-electron chi connectivity index (χ1n) is 12.4. The molecule has 0 radical (unpaired) electrons. The first-order chi connectivity index (χ1) is 17.9. The van der Waals surface area contributed by atoms with Crippen LogP contribution in [0.15, 0.2) is 29.0 Å². The highest BCUT2D eigenvalue weighted by Gasteiger charge is 2.64. The molecule has 38 heavy (non-hydrogen) atoms. The van der Waals surface area contributed by atoms with Crippen molar-refractivity contribution in [3.63, 3.8) is 0 Å². The van der Waals surface area contributed by atoms with Crippen molar-refractivity contribution >= 4 is 35.0 Å². The van der Waals surface area contributed by atoms with Gasteiger partial charge < -0.3 is 36.4 Å². The van der Waals surface area contributed by atoms with Crippen LogP contribution in [0.3, 0.4) is 0 Å². The Balaban J connectivity index is 1.64. The van der Waals surface area contributed by atoms with E-state index in [2.05, 4.69) is 5.32 Å². The number of Topliss-reactive ketones (excluding diaryl/α,β-unsaturated/α-hetero) is 2. The molecular formula is C26H30N4O8. The monoisotopic (exact) mass is 526 g/mol. The zero-order chi connectivity index (χ0) is 27.7. The van der Waals surface area contributed by atoms with Gasteiger partial charge in [0.2, 0.25) is 5.78 Å². The number of urea groups is 1. The number of fused-ring (bicyclic) bond motifs is 3. The van der Waals surface area contributed by atoms with Gasteiger partial charge in [0.25, 0.3) is 5.91 Å². The van der Waals surface area contributed by atoms with Crippen LogP contribution >= 0.6 is 0 Å². The summed E-state index contributed by atoms with van der Waals surface area (Å²) in [6, 6.07) is 1.32. The molecule has 4 aliphatic rings. The van der Waals surface area contributed by atoms with Crippen molar-refractivity contribution in [2.45, 2.75) is 37.3 Å². The number of benzene rings is 1. The fourth-order valence-corrected chi connectivity index (χ4v) is 6.48. The maximum absolute atomic E-state index is 13.8. The van der Waals surface area contributed by atoms with Crippen LogP contribution in [0.5, 0.6) is 5.75 Å². The van der Waals surface area contributed by atoms with Crippen LogP contribution in [0.2, 0.25) is 0 Å². The standard InChI is InChI=1S/C26H30N4O8/c1-29(2)19-13-10-11-9-12-14(28-25(37)30-7-3-4-8-30)5-6-15(31)17(12)20(32)16(11)22(34)26(13,38)23(35)18(21(19)33)24(27)36/h5-6,11,13,19,31-32,35,38H,3-4,7-10H2,1-2H3,(H2,27,36)(H,28,37)/t11-,13-,19-,26-/m0/s1. The number of phenolic OH excluding ortho intramolecular Hbond substituents is 1. The van der Waals surface area contributed by atoms with Gasteiger partial charge in [-0.15, -0.1) is 0 Å². The Morgan fingerprint density at radius 1 is 1.13 bits per heavy atom. The van der Waals surface area contributed by atoms with E-state index in [9.17, 15) is 39.6 Å². The molecule has 12 heteroatoms. The van der Waals surface area contributed by atoms with Gasteiger partial charge in [-0.2, -0.15) is 0 Å². The Hall–Kier alpha value is -3.90. The number of aliphatic hydroxyl groups is 3. The van der Waals surface area contributed by atoms with Gasteiger partial charge in [-0.05, 0) is 63.4 Å². The fraction of sp³-hybridized carbons (Fsp3) is 0.462. The highest BCUT2D eigenvalue weighted by atomic mass is 16.3. The van der Waals surface area contributed by atoms with Gasteiger partial charge in [-0.25, -0.2) is 4.79 Å². The Morgan fingerprint density at radius 2 is 1.79 bits per heavy atom. The smallest absolute Gasteiger partial charge is 0.321 e. The normalized spacial score (nSPS) is 28.8. The maximum Gasteiger partial charge on any atom is 0.321 e. The van der Waals surface area contributed by atoms with Crippen LogP contribution in [-0.4, -0.2) is 92.6 Å². The Bertz CT molecular complexity index is 1340. The van der Waals surface area contributed by atoms with E-state index in [1.54, 1.807) is 4.90 Å². The molecule has 0 aromatic heterocycles. The summed E-state index contributed by atoms with van der Waals surface area (Å²) in [4.78, 5) is 54.9. The predicted octanol–water partition coefficient (Wildman–Crippen LogP) is 0.592. The summed E-state index contributed by atoms with van der Waals surface area (Å²) in [7, 11) is 3.08. The molecular weight excluding hydrogens is 496 g/mol. The lowest BCUT2D eigenvalue weighted by Gasteiger charge is -2.50. The molecule has 4 atom stereocenters. The van der Waals surface area contributed by atoms with E-state index < -0.39 is 58.0 Å². The zero-order valence-electron chi connectivity index (χ0n) is 21.0. The number of anilines is 1. The molecule has 0 spiro atoms. The van der Waals surface area contributed by atoms with E-state index in [0.29, 0.717) is 24.3 Å². The van der Waals surface area contributed by atoms with E-state index in [4.69, 9.17) is 5.73 Å². The van der Waals surface area contributed by atoms with Crippen LogP contribution in [-0.2, 0) is 20.8 Å². The fourth-order valence-electron chi connectivity index (χ4n) is 6.48. The van der Waals surface area contributed by atoms with Gasteiger partial charge in [-0.3, -0.25) is 19.3 Å². The van der Waals surface area contributed by atoms with Crippen molar-refractivity contribution in [1.29, 1.82) is 0 Å². The number of amides is 3. The summed E-state index contributed by atoms with van der Waals surface area (Å²) in [6.07, 6.45) is 1.86. The molecule has 0 bridgehead atoms. The number of nitrogens with zero attached hydrogens (tertiary/aromatic N) is 2. The Labute approximate surface area is 218 Å². The third kappa shape index (κ3) is 3.51. The van der Waals surface area contributed by atoms with Gasteiger partial charge >= 0.3 is 6.03 Å². The number of hydrogen-bond donors (Lipinski definition) is 6. The second-order valence-electron chi connectivity index (χ2n) is 10.6. The number of phenols is 1. The summed E-state index contributed by atoms with van der Waals surface area (Å²) in [6.45, 7) is 1.23. The van der Waals surface area contributed by atoms with E-state index in [1.807, 2.05) is 0 Å². The molecule has 5 rings (SSSR count). The minimum Gasteiger partial charge on any atom is -0.508 e. The topological polar surface area (TPSA) is 194 Å². The van der Waals surface area contributed by atoms with Crippen LogP contribution in [0.25, 0.3) is 5.76 Å². The summed E-state index contributed by atoms with van der Waals surface area (Å²) in [5.74, 6) is -7.14. The van der Waals surface area contributed by atoms with Crippen molar-refractivity contribution in [1.82, 2.24) is 9.80 Å². The van der Waals surface area contributed by atoms with Crippen molar-refractivity contribution in [2.24, 2.45) is 17.6 Å². The zero-order valence-corrected chi connectivity index (χ0v) is 21.0. The minimum atomic E-state index is -2.69. The number of carbonyl (C=O) groups excluding carboxylic acids is 4. The average molecular weight is 527 g/mol. The number of rotatable bonds is 3. The number of likely N-dealkylation sites (N-methyl/N-ethyl adjacent to an activating group) is 1. The molecule has 2 fully saturated rings. The second-order valence-corrected chi connectivity index (χ2v) is 10.6. The van der Waals surface area contributed by atoms with Crippen molar-refractivity contribution in [3.05, 3.63) is 40.2 Å². The highest BCUT2D eigenvalue weighted by molar-refractivity contribution is 6.24. The summed E-state index contributed by atoms with van der Waals surface area (Å²) < 4.78 is 0. The molecule has 3 amide bonds. The van der Waals surface area contributed by atoms with Gasteiger partial charge in [0, 0.05) is 30.3 Å². The average Bonchev–Trinajstić information content (AvgIpc) is 3.38. The molecule has 3 aliphatic carbocycles. The molecule has 1 aromatic carbocycles. The summed E-state index contributed by atoms with van der Waals surface area (Å²) in [5.41, 5.74) is 2.23. The van der Waals surface area contributed by atoms with E-state index >= 15 is 0 Å². The number of nitrogens with one attached hydrogen (secondary N) is 1. The van der Waals surface area contributed by atoms with E-state index in [0.717, 1.165) is 12.8 Å². The first-order valence-corrected chi connectivity index (χ1v) is 12.4. The lowest BCUT2D eigenvalue weighted by atomic mass is 9.57. The van der Waals surface area contributed by atoms with Crippen LogP contribution in [0.4, 0.5) is 10.5 Å². The lowest BCUT2D eigenvalue weighted by Crippen LogP contribution is -2.65. The molecule has 1 saturated heterocycles. The Morgan fingerprint density at radius 3 is 2.39 bits per heavy atom. The first kappa shape index (κ1) is 25.7. The molecule has 1 aromatic rings. The second kappa shape index (κ2) is 8.84.